The molecule has 0 unspecified atom stereocenters. The monoisotopic (exact) mass is 282 g/mol. The Kier molecular flexibility index (Phi) is 3.71. The molecule has 0 radical (unpaired) electrons. The number of ether oxygens (including phenoxy) is 2. The van der Waals surface area contributed by atoms with Gasteiger partial charge in [0.15, 0.2) is 11.5 Å². The maximum absolute atomic E-state index is 6.24. The molecule has 0 saturated carbocycles. The summed E-state index contributed by atoms with van der Waals surface area (Å²) in [6.07, 6.45) is 2.48. The third-order valence-corrected chi connectivity index (χ3v) is 4.19. The summed E-state index contributed by atoms with van der Waals surface area (Å²) in [5, 5.41) is 4.13. The molecule has 104 valence electrons. The topological polar surface area (TPSA) is 33.7 Å². The van der Waals surface area contributed by atoms with Crippen LogP contribution >= 0.6 is 11.6 Å². The first kappa shape index (κ1) is 12.9. The molecule has 0 atom stereocenters. The van der Waals surface area contributed by atoms with E-state index in [1.54, 1.807) is 0 Å². The van der Waals surface area contributed by atoms with Gasteiger partial charge in [0.2, 0.25) is 6.79 Å². The van der Waals surface area contributed by atoms with Gasteiger partial charge < -0.3 is 19.7 Å². The van der Waals surface area contributed by atoms with Gasteiger partial charge in [-0.05, 0) is 38.9 Å². The van der Waals surface area contributed by atoms with Crippen molar-refractivity contribution in [2.75, 3.05) is 38.8 Å². The molecule has 1 N–H and O–H groups in total. The molecule has 0 bridgehead atoms. The fraction of sp³-hybridized carbons (Fsp3) is 0.571. The van der Waals surface area contributed by atoms with Crippen molar-refractivity contribution in [3.8, 4) is 11.5 Å². The number of hydrogen-bond donors (Lipinski definition) is 1. The number of nitrogens with one attached hydrogen (secondary N) is 1. The number of halogens is 1. The zero-order valence-electron chi connectivity index (χ0n) is 11.1. The Labute approximate surface area is 118 Å². The molecule has 1 saturated heterocycles. The zero-order valence-corrected chi connectivity index (χ0v) is 11.9. The van der Waals surface area contributed by atoms with Crippen LogP contribution in [-0.2, 0) is 0 Å². The molecule has 5 heteroatoms. The molecule has 1 aromatic carbocycles. The van der Waals surface area contributed by atoms with Crippen LogP contribution in [0.2, 0.25) is 5.02 Å². The van der Waals surface area contributed by atoms with Crippen molar-refractivity contribution in [3.63, 3.8) is 0 Å². The average molecular weight is 283 g/mol. The van der Waals surface area contributed by atoms with Crippen molar-refractivity contribution in [3.05, 3.63) is 17.2 Å². The van der Waals surface area contributed by atoms with E-state index in [1.165, 1.54) is 25.9 Å². The maximum atomic E-state index is 6.24. The van der Waals surface area contributed by atoms with Crippen molar-refractivity contribution in [1.29, 1.82) is 0 Å². The summed E-state index contributed by atoms with van der Waals surface area (Å²) < 4.78 is 10.7. The lowest BCUT2D eigenvalue weighted by atomic mass is 9.97. The van der Waals surface area contributed by atoms with Gasteiger partial charge in [0.05, 0.1) is 10.7 Å². The van der Waals surface area contributed by atoms with Crippen LogP contribution in [0.25, 0.3) is 0 Å². The predicted molar refractivity (Wildman–Crippen MR) is 76.3 cm³/mol. The Morgan fingerprint density at radius 2 is 1.95 bits per heavy atom. The minimum Gasteiger partial charge on any atom is -0.454 e. The van der Waals surface area contributed by atoms with E-state index in [0.29, 0.717) is 5.02 Å². The first-order valence-corrected chi connectivity index (χ1v) is 7.12. The highest BCUT2D eigenvalue weighted by Gasteiger charge is 2.19. The molecule has 0 amide bonds. The van der Waals surface area contributed by atoms with Crippen LogP contribution in [0, 0.1) is 5.92 Å². The van der Waals surface area contributed by atoms with Crippen LogP contribution in [-0.4, -0.2) is 38.4 Å². The van der Waals surface area contributed by atoms with Crippen molar-refractivity contribution < 1.29 is 9.47 Å². The summed E-state index contributed by atoms with van der Waals surface area (Å²) in [6.45, 7) is 3.61. The van der Waals surface area contributed by atoms with Crippen LogP contribution in [0.1, 0.15) is 12.8 Å². The molecule has 2 aliphatic rings. The maximum Gasteiger partial charge on any atom is 0.231 e. The number of fused-ring (bicyclic) bond motifs is 1. The second-order valence-electron chi connectivity index (χ2n) is 5.31. The van der Waals surface area contributed by atoms with Gasteiger partial charge in [-0.25, -0.2) is 0 Å². The highest BCUT2D eigenvalue weighted by molar-refractivity contribution is 6.33. The summed E-state index contributed by atoms with van der Waals surface area (Å²) in [4.78, 5) is 2.38. The molecule has 0 spiro atoms. The summed E-state index contributed by atoms with van der Waals surface area (Å²) in [5.74, 6) is 2.22. The van der Waals surface area contributed by atoms with Gasteiger partial charge in [0, 0.05) is 18.7 Å². The van der Waals surface area contributed by atoms with E-state index in [4.69, 9.17) is 21.1 Å². The van der Waals surface area contributed by atoms with Gasteiger partial charge in [-0.2, -0.15) is 0 Å². The van der Waals surface area contributed by atoms with Gasteiger partial charge in [-0.1, -0.05) is 11.6 Å². The molecular weight excluding hydrogens is 264 g/mol. The molecule has 1 aromatic rings. The number of hydrogen-bond acceptors (Lipinski definition) is 4. The van der Waals surface area contributed by atoms with E-state index in [9.17, 15) is 0 Å². The zero-order chi connectivity index (χ0) is 13.2. The molecule has 1 fully saturated rings. The van der Waals surface area contributed by atoms with Crippen molar-refractivity contribution >= 4 is 17.3 Å². The molecule has 0 aliphatic carbocycles. The van der Waals surface area contributed by atoms with E-state index >= 15 is 0 Å². The van der Waals surface area contributed by atoms with Crippen LogP contribution < -0.4 is 14.8 Å². The largest absolute Gasteiger partial charge is 0.454 e. The number of benzene rings is 1. The Morgan fingerprint density at radius 1 is 1.26 bits per heavy atom. The summed E-state index contributed by atoms with van der Waals surface area (Å²) in [7, 11) is 2.18. The highest BCUT2D eigenvalue weighted by Crippen LogP contribution is 2.39. The number of anilines is 1. The SMILES string of the molecule is CN1CCC(CNc2cc3c(cc2Cl)OCO3)CC1. The average Bonchev–Trinajstić information content (AvgIpc) is 2.85. The second kappa shape index (κ2) is 5.47. The van der Waals surface area contributed by atoms with E-state index in [1.807, 2.05) is 12.1 Å². The van der Waals surface area contributed by atoms with E-state index in [-0.39, 0.29) is 6.79 Å². The van der Waals surface area contributed by atoms with Gasteiger partial charge >= 0.3 is 0 Å². The lowest BCUT2D eigenvalue weighted by molar-refractivity contribution is 0.174. The third-order valence-electron chi connectivity index (χ3n) is 3.88. The normalized spacial score (nSPS) is 19.7. The first-order valence-electron chi connectivity index (χ1n) is 6.74. The first-order chi connectivity index (χ1) is 9.22. The third kappa shape index (κ3) is 2.90. The molecule has 19 heavy (non-hydrogen) atoms. The Morgan fingerprint density at radius 3 is 2.68 bits per heavy atom. The summed E-state index contributed by atoms with van der Waals surface area (Å²) >= 11 is 6.24. The van der Waals surface area contributed by atoms with Crippen LogP contribution in [0.4, 0.5) is 5.69 Å². The van der Waals surface area contributed by atoms with E-state index < -0.39 is 0 Å². The lowest BCUT2D eigenvalue weighted by Crippen LogP contribution is -2.32. The number of rotatable bonds is 3. The quantitative estimate of drug-likeness (QED) is 0.924. The van der Waals surface area contributed by atoms with Gasteiger partial charge in [0.25, 0.3) is 0 Å². The van der Waals surface area contributed by atoms with Crippen molar-refractivity contribution in [2.24, 2.45) is 5.92 Å². The Bertz CT molecular complexity index is 459. The molecule has 2 aliphatic heterocycles. The lowest BCUT2D eigenvalue weighted by Gasteiger charge is -2.29. The molecule has 4 nitrogen and oxygen atoms in total. The smallest absolute Gasteiger partial charge is 0.231 e. The molecule has 3 rings (SSSR count). The fourth-order valence-corrected chi connectivity index (χ4v) is 2.79. The van der Waals surface area contributed by atoms with Gasteiger partial charge in [-0.15, -0.1) is 0 Å². The fourth-order valence-electron chi connectivity index (χ4n) is 2.57. The summed E-state index contributed by atoms with van der Waals surface area (Å²) in [5.41, 5.74) is 0.935. The predicted octanol–water partition coefficient (Wildman–Crippen LogP) is 2.82. The summed E-state index contributed by atoms with van der Waals surface area (Å²) in [6, 6.07) is 3.75. The van der Waals surface area contributed by atoms with Crippen molar-refractivity contribution in [1.82, 2.24) is 4.90 Å². The van der Waals surface area contributed by atoms with Gasteiger partial charge in [-0.3, -0.25) is 0 Å². The Hall–Kier alpha value is -1.13. The molecule has 0 aromatic heterocycles. The standard InChI is InChI=1S/C14H19ClN2O2/c1-17-4-2-10(3-5-17)8-16-12-7-14-13(6-11(12)15)18-9-19-14/h6-7,10,16H,2-5,8-9H2,1H3. The number of likely N-dealkylation sites (tertiary alicyclic amines) is 1. The van der Waals surface area contributed by atoms with Crippen LogP contribution in [0.3, 0.4) is 0 Å². The van der Waals surface area contributed by atoms with E-state index in [2.05, 4.69) is 17.3 Å². The minimum absolute atomic E-state index is 0.282. The second-order valence-corrected chi connectivity index (χ2v) is 5.72. The molecular formula is C14H19ClN2O2. The Balaban J connectivity index is 1.61. The van der Waals surface area contributed by atoms with Crippen molar-refractivity contribution in [2.45, 2.75) is 12.8 Å². The van der Waals surface area contributed by atoms with E-state index in [0.717, 1.165) is 29.6 Å². The minimum atomic E-state index is 0.282. The van der Waals surface area contributed by atoms with Crippen LogP contribution in [0.5, 0.6) is 11.5 Å². The van der Waals surface area contributed by atoms with Crippen LogP contribution in [0.15, 0.2) is 12.1 Å². The highest BCUT2D eigenvalue weighted by atomic mass is 35.5. The van der Waals surface area contributed by atoms with Gasteiger partial charge in [0.1, 0.15) is 0 Å². The number of nitrogens with zero attached hydrogens (tertiary/aromatic N) is 1. The molecule has 2 heterocycles. The number of piperidine rings is 1.